The summed E-state index contributed by atoms with van der Waals surface area (Å²) >= 11 is 0. The molecule has 16 heteroatoms. The summed E-state index contributed by atoms with van der Waals surface area (Å²) < 4.78 is 29.8. The van der Waals surface area contributed by atoms with Gasteiger partial charge in [0.05, 0.1) is 71.7 Å². The molecular formula is C43H64N10O6. The van der Waals surface area contributed by atoms with E-state index in [0.29, 0.717) is 58.5 Å². The third-order valence-electron chi connectivity index (χ3n) is 11.6. The number of hydrogen-bond donors (Lipinski definition) is 1. The smallest absolute Gasteiger partial charge is 0.306 e. The molecule has 0 radical (unpaired) electrons. The fourth-order valence-corrected chi connectivity index (χ4v) is 8.48. The monoisotopic (exact) mass is 817 g/mol. The number of nitrogens with one attached hydrogen (secondary N) is 1. The van der Waals surface area contributed by atoms with Crippen LogP contribution in [0.4, 0.5) is 11.5 Å². The number of piperazine rings is 1. The van der Waals surface area contributed by atoms with Gasteiger partial charge in [-0.25, -0.2) is 9.67 Å². The van der Waals surface area contributed by atoms with Crippen molar-refractivity contribution < 1.29 is 28.5 Å². The number of nitrogens with zero attached hydrogens (tertiary/aromatic N) is 9. The van der Waals surface area contributed by atoms with Gasteiger partial charge in [-0.15, -0.1) is 0 Å². The minimum absolute atomic E-state index is 0.0337. The Morgan fingerprint density at radius 3 is 2.44 bits per heavy atom. The van der Waals surface area contributed by atoms with Crippen molar-refractivity contribution in [1.29, 1.82) is 0 Å². The molecule has 0 saturated carbocycles. The van der Waals surface area contributed by atoms with Crippen LogP contribution in [0.5, 0.6) is 5.75 Å². The van der Waals surface area contributed by atoms with E-state index >= 15 is 0 Å². The van der Waals surface area contributed by atoms with Crippen molar-refractivity contribution in [2.75, 3.05) is 130 Å². The van der Waals surface area contributed by atoms with E-state index in [1.807, 2.05) is 11.6 Å². The maximum atomic E-state index is 13.0. The number of aryl methyl sites for hydroxylation is 3. The SMILES string of the molecule is COC(=O)C[C@H](CN1CC[C@@H](CCc2cc(OC)c3c(n2)NCCC3)C1)c1cc(N2CCN(CCOCCOCCOCCN=[N+]=[N-])CC2)cc(-n2nc(C)cc2C)c1. The summed E-state index contributed by atoms with van der Waals surface area (Å²) in [6.45, 7) is 15.7. The summed E-state index contributed by atoms with van der Waals surface area (Å²) in [5, 5.41) is 11.8. The number of hydrogen-bond acceptors (Lipinski definition) is 13. The number of rotatable bonds is 23. The number of aromatic nitrogens is 3. The average molecular weight is 817 g/mol. The average Bonchev–Trinajstić information content (AvgIpc) is 3.86. The van der Waals surface area contributed by atoms with Crippen molar-refractivity contribution in [2.45, 2.75) is 58.3 Å². The number of azide groups is 1. The second-order valence-corrected chi connectivity index (χ2v) is 15.8. The first-order valence-electron chi connectivity index (χ1n) is 21.3. The van der Waals surface area contributed by atoms with Gasteiger partial charge < -0.3 is 38.8 Å². The Kier molecular flexibility index (Phi) is 17.0. The number of fused-ring (bicyclic) bond motifs is 1. The maximum absolute atomic E-state index is 13.0. The van der Waals surface area contributed by atoms with E-state index in [9.17, 15) is 4.79 Å². The largest absolute Gasteiger partial charge is 0.496 e. The van der Waals surface area contributed by atoms with E-state index in [2.05, 4.69) is 67.3 Å². The molecule has 0 unspecified atom stereocenters. The molecule has 1 aromatic carbocycles. The van der Waals surface area contributed by atoms with E-state index in [1.54, 1.807) is 7.11 Å². The lowest BCUT2D eigenvalue weighted by Gasteiger charge is -2.36. The van der Waals surface area contributed by atoms with Crippen LogP contribution < -0.4 is 15.0 Å². The van der Waals surface area contributed by atoms with Gasteiger partial charge in [0.15, 0.2) is 0 Å². The van der Waals surface area contributed by atoms with Gasteiger partial charge >= 0.3 is 5.97 Å². The van der Waals surface area contributed by atoms with Crippen molar-refractivity contribution in [3.63, 3.8) is 0 Å². The standard InChI is InChI=1S/C43H64N10O6/c1-32-24-33(2)53(48-32)39-26-35(25-38(29-39)52-15-13-50(14-16-52)17-19-58-21-23-59-22-20-57-18-11-46-49-44)36(27-42(54)56-4)31-51-12-9-34(30-51)7-8-37-28-41(55-3)40-6-5-10-45-43(40)47-37/h24-26,28-29,34,36H,5-23,27,30-31H2,1-4H3,(H,45,47)/t34-,36-/m1/s1. The Hall–Kier alpha value is -4.44. The number of carbonyl (C=O) groups is 1. The molecule has 2 saturated heterocycles. The number of pyridine rings is 1. The summed E-state index contributed by atoms with van der Waals surface area (Å²) in [5.74, 6) is 2.26. The Morgan fingerprint density at radius 2 is 1.71 bits per heavy atom. The zero-order chi connectivity index (χ0) is 41.4. The number of anilines is 2. The van der Waals surface area contributed by atoms with E-state index in [-0.39, 0.29) is 11.9 Å². The van der Waals surface area contributed by atoms with Gasteiger partial charge in [0.1, 0.15) is 11.6 Å². The summed E-state index contributed by atoms with van der Waals surface area (Å²) in [4.78, 5) is 28.1. The minimum atomic E-state index is -0.194. The van der Waals surface area contributed by atoms with Gasteiger partial charge in [-0.1, -0.05) is 5.11 Å². The maximum Gasteiger partial charge on any atom is 0.306 e. The fraction of sp³-hybridized carbons (Fsp3) is 0.651. The molecule has 16 nitrogen and oxygen atoms in total. The summed E-state index contributed by atoms with van der Waals surface area (Å²) in [6, 6.07) is 11.0. The lowest BCUT2D eigenvalue weighted by atomic mass is 9.93. The quantitative estimate of drug-likeness (QED) is 0.0431. The molecule has 0 amide bonds. The first-order chi connectivity index (χ1) is 28.8. The van der Waals surface area contributed by atoms with Gasteiger partial charge in [0.25, 0.3) is 0 Å². The lowest BCUT2D eigenvalue weighted by Crippen LogP contribution is -2.47. The molecular weight excluding hydrogens is 753 g/mol. The normalized spacial score (nSPS) is 17.6. The number of likely N-dealkylation sites (tertiary alicyclic amines) is 1. The second-order valence-electron chi connectivity index (χ2n) is 15.8. The third kappa shape index (κ3) is 13.0. The number of methoxy groups -OCH3 is 2. The van der Waals surface area contributed by atoms with Crippen LogP contribution in [0.2, 0.25) is 0 Å². The molecule has 2 atom stereocenters. The topological polar surface area (TPSA) is 164 Å². The van der Waals surface area contributed by atoms with Crippen LogP contribution in [0.3, 0.4) is 0 Å². The highest BCUT2D eigenvalue weighted by Gasteiger charge is 2.29. The first-order valence-corrected chi connectivity index (χ1v) is 21.3. The minimum Gasteiger partial charge on any atom is -0.496 e. The Bertz CT molecular complexity index is 1830. The molecule has 59 heavy (non-hydrogen) atoms. The molecule has 0 bridgehead atoms. The molecule has 3 aliphatic rings. The highest BCUT2D eigenvalue weighted by molar-refractivity contribution is 5.71. The van der Waals surface area contributed by atoms with Crippen LogP contribution >= 0.6 is 0 Å². The predicted molar refractivity (Wildman–Crippen MR) is 228 cm³/mol. The molecule has 3 aliphatic heterocycles. The highest BCUT2D eigenvalue weighted by Crippen LogP contribution is 2.34. The van der Waals surface area contributed by atoms with Crippen LogP contribution in [0.1, 0.15) is 59.8 Å². The van der Waals surface area contributed by atoms with Gasteiger partial charge in [0, 0.05) is 98.4 Å². The summed E-state index contributed by atoms with van der Waals surface area (Å²) in [7, 11) is 3.23. The van der Waals surface area contributed by atoms with E-state index in [4.69, 9.17) is 39.3 Å². The zero-order valence-electron chi connectivity index (χ0n) is 35.6. The summed E-state index contributed by atoms with van der Waals surface area (Å²) in [5.41, 5.74) is 15.9. The Labute approximate surface area is 349 Å². The second kappa shape index (κ2) is 22.8. The van der Waals surface area contributed by atoms with E-state index in [0.717, 1.165) is 137 Å². The van der Waals surface area contributed by atoms with Gasteiger partial charge in [-0.2, -0.15) is 5.10 Å². The zero-order valence-corrected chi connectivity index (χ0v) is 35.6. The van der Waals surface area contributed by atoms with Crippen molar-refractivity contribution >= 4 is 17.5 Å². The number of carbonyl (C=O) groups excluding carboxylic acids is 1. The highest BCUT2D eigenvalue weighted by atomic mass is 16.5. The molecule has 2 aromatic heterocycles. The predicted octanol–water partition coefficient (Wildman–Crippen LogP) is 5.33. The molecule has 3 aromatic rings. The molecule has 1 N–H and O–H groups in total. The molecule has 2 fully saturated rings. The fourth-order valence-electron chi connectivity index (χ4n) is 8.48. The van der Waals surface area contributed by atoms with Gasteiger partial charge in [0.2, 0.25) is 0 Å². The third-order valence-corrected chi connectivity index (χ3v) is 11.6. The van der Waals surface area contributed by atoms with Crippen LogP contribution in [0, 0.1) is 19.8 Å². The molecule has 0 aliphatic carbocycles. The van der Waals surface area contributed by atoms with E-state index in [1.165, 1.54) is 12.7 Å². The Morgan fingerprint density at radius 1 is 0.949 bits per heavy atom. The van der Waals surface area contributed by atoms with Crippen LogP contribution in [0.25, 0.3) is 16.1 Å². The number of ether oxygens (including phenoxy) is 5. The van der Waals surface area contributed by atoms with Crippen LogP contribution in [0.15, 0.2) is 35.4 Å². The van der Waals surface area contributed by atoms with Crippen LogP contribution in [-0.4, -0.2) is 150 Å². The first kappa shape index (κ1) is 44.1. The van der Waals surface area contributed by atoms with Crippen molar-refractivity contribution in [1.82, 2.24) is 24.6 Å². The van der Waals surface area contributed by atoms with Gasteiger partial charge in [-0.3, -0.25) is 9.69 Å². The number of esters is 1. The molecule has 322 valence electrons. The lowest BCUT2D eigenvalue weighted by molar-refractivity contribution is -0.141. The van der Waals surface area contributed by atoms with Crippen LogP contribution in [-0.2, 0) is 36.6 Å². The molecule has 6 rings (SSSR count). The number of benzene rings is 1. The molecule has 0 spiro atoms. The van der Waals surface area contributed by atoms with E-state index < -0.39 is 0 Å². The molecule has 5 heterocycles. The van der Waals surface area contributed by atoms with Crippen molar-refractivity contribution in [2.24, 2.45) is 11.0 Å². The summed E-state index contributed by atoms with van der Waals surface area (Å²) in [6.07, 6.45) is 5.53. The van der Waals surface area contributed by atoms with Crippen molar-refractivity contribution in [3.05, 3.63) is 69.0 Å². The Balaban J connectivity index is 1.05. The van der Waals surface area contributed by atoms with Gasteiger partial charge in [-0.05, 0) is 93.8 Å². The van der Waals surface area contributed by atoms with Crippen molar-refractivity contribution in [3.8, 4) is 11.4 Å².